The summed E-state index contributed by atoms with van der Waals surface area (Å²) >= 11 is 0. The summed E-state index contributed by atoms with van der Waals surface area (Å²) in [6.45, 7) is 4.09. The molecular formula is C17H23N3O2. The second-order valence-corrected chi connectivity index (χ2v) is 5.56. The van der Waals surface area contributed by atoms with E-state index >= 15 is 0 Å². The molecule has 0 fully saturated rings. The minimum atomic E-state index is -0.375. The molecule has 4 N–H and O–H groups in total. The minimum Gasteiger partial charge on any atom is -0.465 e. The fourth-order valence-electron chi connectivity index (χ4n) is 2.65. The van der Waals surface area contributed by atoms with Crippen LogP contribution in [0.3, 0.4) is 0 Å². The molecular weight excluding hydrogens is 278 g/mol. The van der Waals surface area contributed by atoms with Crippen LogP contribution in [-0.2, 0) is 4.74 Å². The van der Waals surface area contributed by atoms with Crippen molar-refractivity contribution in [2.24, 2.45) is 16.5 Å². The Morgan fingerprint density at radius 2 is 2.14 bits per heavy atom. The molecule has 22 heavy (non-hydrogen) atoms. The molecule has 2 atom stereocenters. The summed E-state index contributed by atoms with van der Waals surface area (Å²) in [5.41, 5.74) is 14.3. The molecule has 5 nitrogen and oxygen atoms in total. The first kappa shape index (κ1) is 16.2. The topological polar surface area (TPSA) is 90.7 Å². The maximum Gasteiger partial charge on any atom is 0.337 e. The van der Waals surface area contributed by atoms with Gasteiger partial charge in [0.2, 0.25) is 0 Å². The molecule has 1 aromatic carbocycles. The molecule has 5 heteroatoms. The smallest absolute Gasteiger partial charge is 0.337 e. The Labute approximate surface area is 131 Å². The predicted molar refractivity (Wildman–Crippen MR) is 88.7 cm³/mol. The first-order valence-corrected chi connectivity index (χ1v) is 7.48. The van der Waals surface area contributed by atoms with Crippen molar-refractivity contribution in [3.63, 3.8) is 0 Å². The van der Waals surface area contributed by atoms with E-state index in [2.05, 4.69) is 11.6 Å². The van der Waals surface area contributed by atoms with Gasteiger partial charge in [0.25, 0.3) is 0 Å². The molecule has 1 heterocycles. The van der Waals surface area contributed by atoms with E-state index in [1.54, 1.807) is 18.2 Å². The number of amidine groups is 1. The van der Waals surface area contributed by atoms with Crippen molar-refractivity contribution in [1.82, 2.24) is 0 Å². The maximum absolute atomic E-state index is 11.6. The highest BCUT2D eigenvalue weighted by Gasteiger charge is 2.23. The van der Waals surface area contributed by atoms with Crippen molar-refractivity contribution in [3.05, 3.63) is 42.0 Å². The van der Waals surface area contributed by atoms with Gasteiger partial charge in [-0.25, -0.2) is 4.79 Å². The Kier molecular flexibility index (Phi) is 5.33. The molecule has 1 aromatic rings. The Morgan fingerprint density at radius 1 is 1.41 bits per heavy atom. The van der Waals surface area contributed by atoms with Crippen LogP contribution >= 0.6 is 0 Å². The molecule has 0 saturated heterocycles. The first-order valence-electron chi connectivity index (χ1n) is 7.48. The fraction of sp³-hybridized carbons (Fsp3) is 0.412. The Hall–Kier alpha value is -2.14. The quantitative estimate of drug-likeness (QED) is 0.833. The summed E-state index contributed by atoms with van der Waals surface area (Å²) < 4.78 is 4.74. The minimum absolute atomic E-state index is 0.0585. The number of hydrogen-bond acceptors (Lipinski definition) is 5. The number of methoxy groups -OCH3 is 1. The van der Waals surface area contributed by atoms with Gasteiger partial charge < -0.3 is 16.2 Å². The average molecular weight is 301 g/mol. The zero-order valence-electron chi connectivity index (χ0n) is 12.9. The molecule has 0 saturated carbocycles. The van der Waals surface area contributed by atoms with Crippen molar-refractivity contribution >= 4 is 17.4 Å². The Bertz CT molecular complexity index is 595. The van der Waals surface area contributed by atoms with Crippen molar-refractivity contribution in [2.45, 2.75) is 37.8 Å². The van der Waals surface area contributed by atoms with Gasteiger partial charge in [0, 0.05) is 6.42 Å². The summed E-state index contributed by atoms with van der Waals surface area (Å²) in [7, 11) is 1.36. The van der Waals surface area contributed by atoms with Crippen LogP contribution in [0.2, 0.25) is 0 Å². The van der Waals surface area contributed by atoms with Crippen LogP contribution in [0.25, 0.3) is 5.57 Å². The first-order chi connectivity index (χ1) is 10.5. The lowest BCUT2D eigenvalue weighted by atomic mass is 9.92. The maximum atomic E-state index is 11.6. The van der Waals surface area contributed by atoms with Crippen LogP contribution in [0.1, 0.15) is 41.6 Å². The van der Waals surface area contributed by atoms with Gasteiger partial charge in [0.15, 0.2) is 0 Å². The van der Waals surface area contributed by atoms with Crippen LogP contribution in [-0.4, -0.2) is 31.0 Å². The third-order valence-electron chi connectivity index (χ3n) is 3.99. The predicted octanol–water partition coefficient (Wildman–Crippen LogP) is 2.11. The van der Waals surface area contributed by atoms with Gasteiger partial charge in [-0.3, -0.25) is 4.99 Å². The van der Waals surface area contributed by atoms with Crippen LogP contribution in [0.5, 0.6) is 0 Å². The number of aliphatic imine (C=N–C) groups is 1. The normalized spacial score (nSPS) is 19.7. The largest absolute Gasteiger partial charge is 0.465 e. The van der Waals surface area contributed by atoms with E-state index < -0.39 is 0 Å². The molecule has 0 spiro atoms. The third kappa shape index (κ3) is 3.74. The summed E-state index contributed by atoms with van der Waals surface area (Å²) in [6, 6.07) is 6.76. The standard InChI is InChI=1S/C17H23N3O2/c1-11(12-6-5-7-13(10-12)17(21)22-2)16(19)14-8-3-4-9-15(18)20-14/h5-7,10,14,16H,1,3-4,8-9,19H2,2H3,(H2,18,20). The molecule has 2 rings (SSSR count). The lowest BCUT2D eigenvalue weighted by Crippen LogP contribution is -2.35. The fourth-order valence-corrected chi connectivity index (χ4v) is 2.65. The molecule has 0 aliphatic carbocycles. The van der Waals surface area contributed by atoms with Gasteiger partial charge in [0.05, 0.1) is 30.6 Å². The van der Waals surface area contributed by atoms with E-state index in [1.807, 2.05) is 6.07 Å². The van der Waals surface area contributed by atoms with Crippen molar-refractivity contribution in [3.8, 4) is 0 Å². The van der Waals surface area contributed by atoms with Crippen molar-refractivity contribution < 1.29 is 9.53 Å². The Morgan fingerprint density at radius 3 is 2.86 bits per heavy atom. The molecule has 118 valence electrons. The summed E-state index contributed by atoms with van der Waals surface area (Å²) in [5, 5.41) is 0. The number of carbonyl (C=O) groups is 1. The second kappa shape index (κ2) is 7.22. The van der Waals surface area contributed by atoms with E-state index in [4.69, 9.17) is 16.2 Å². The van der Waals surface area contributed by atoms with Gasteiger partial charge in [-0.1, -0.05) is 25.1 Å². The van der Waals surface area contributed by atoms with Gasteiger partial charge in [-0.15, -0.1) is 0 Å². The van der Waals surface area contributed by atoms with Gasteiger partial charge >= 0.3 is 5.97 Å². The summed E-state index contributed by atoms with van der Waals surface area (Å²) in [6.07, 6.45) is 3.83. The second-order valence-electron chi connectivity index (χ2n) is 5.56. The molecule has 0 aromatic heterocycles. The van der Waals surface area contributed by atoms with E-state index in [0.717, 1.165) is 36.8 Å². The van der Waals surface area contributed by atoms with Crippen LogP contribution < -0.4 is 11.5 Å². The van der Waals surface area contributed by atoms with Crippen LogP contribution in [0.15, 0.2) is 35.8 Å². The number of nitrogens with two attached hydrogens (primary N) is 2. The number of benzene rings is 1. The summed E-state index contributed by atoms with van der Waals surface area (Å²) in [4.78, 5) is 16.1. The lowest BCUT2D eigenvalue weighted by Gasteiger charge is -2.22. The summed E-state index contributed by atoms with van der Waals surface area (Å²) in [5.74, 6) is 0.286. The van der Waals surface area contributed by atoms with E-state index in [0.29, 0.717) is 11.4 Å². The number of nitrogens with zero attached hydrogens (tertiary/aromatic N) is 1. The van der Waals surface area contributed by atoms with E-state index in [9.17, 15) is 4.79 Å². The number of rotatable bonds is 4. The van der Waals surface area contributed by atoms with Crippen LogP contribution in [0.4, 0.5) is 0 Å². The van der Waals surface area contributed by atoms with Crippen molar-refractivity contribution in [1.29, 1.82) is 0 Å². The van der Waals surface area contributed by atoms with Gasteiger partial charge in [-0.2, -0.15) is 0 Å². The van der Waals surface area contributed by atoms with E-state index in [1.165, 1.54) is 7.11 Å². The SMILES string of the molecule is C=C(c1cccc(C(=O)OC)c1)C(N)C1CCCCC(N)=N1. The molecule has 0 amide bonds. The lowest BCUT2D eigenvalue weighted by molar-refractivity contribution is 0.0600. The van der Waals surface area contributed by atoms with E-state index in [-0.39, 0.29) is 18.1 Å². The highest BCUT2D eigenvalue weighted by atomic mass is 16.5. The monoisotopic (exact) mass is 301 g/mol. The van der Waals surface area contributed by atoms with Crippen molar-refractivity contribution in [2.75, 3.05) is 7.11 Å². The number of esters is 1. The molecule has 0 bridgehead atoms. The highest BCUT2D eigenvalue weighted by Crippen LogP contribution is 2.24. The molecule has 1 aliphatic heterocycles. The number of hydrogen-bond donors (Lipinski definition) is 2. The zero-order chi connectivity index (χ0) is 16.1. The highest BCUT2D eigenvalue weighted by molar-refractivity contribution is 5.90. The Balaban J connectivity index is 2.20. The van der Waals surface area contributed by atoms with Gasteiger partial charge in [-0.05, 0) is 36.1 Å². The molecule has 2 unspecified atom stereocenters. The van der Waals surface area contributed by atoms with Gasteiger partial charge in [0.1, 0.15) is 0 Å². The number of carbonyl (C=O) groups excluding carboxylic acids is 1. The third-order valence-corrected chi connectivity index (χ3v) is 3.99. The average Bonchev–Trinajstić information content (AvgIpc) is 2.77. The molecule has 0 radical (unpaired) electrons. The zero-order valence-corrected chi connectivity index (χ0v) is 12.9. The molecule has 1 aliphatic rings. The van der Waals surface area contributed by atoms with Crippen LogP contribution in [0, 0.1) is 0 Å². The number of ether oxygens (including phenoxy) is 1.